The van der Waals surface area contributed by atoms with E-state index < -0.39 is 11.9 Å². The number of amides is 1. The number of ether oxygens (including phenoxy) is 1. The topological polar surface area (TPSA) is 68.3 Å². The summed E-state index contributed by atoms with van der Waals surface area (Å²) in [6.45, 7) is 1.67. The molecule has 1 N–H and O–H groups in total. The van der Waals surface area contributed by atoms with E-state index in [9.17, 15) is 9.59 Å². The smallest absolute Gasteiger partial charge is 0.338 e. The third kappa shape index (κ3) is 4.51. The van der Waals surface area contributed by atoms with E-state index >= 15 is 0 Å². The number of esters is 1. The highest BCUT2D eigenvalue weighted by molar-refractivity contribution is 7.14. The van der Waals surface area contributed by atoms with Crippen molar-refractivity contribution in [2.24, 2.45) is 0 Å². The fourth-order valence-electron chi connectivity index (χ4n) is 2.13. The average molecular weight is 352 g/mol. The maximum atomic E-state index is 11.9. The predicted molar refractivity (Wildman–Crippen MR) is 97.6 cm³/mol. The molecule has 0 unspecified atom stereocenters. The van der Waals surface area contributed by atoms with Crippen LogP contribution in [0.3, 0.4) is 0 Å². The first-order valence-electron chi connectivity index (χ1n) is 7.66. The molecule has 2 aromatic carbocycles. The quantitative estimate of drug-likeness (QED) is 0.707. The molecular formula is C19H16N2O3S. The summed E-state index contributed by atoms with van der Waals surface area (Å²) >= 11 is 1.32. The SMILES string of the molecule is Cc1ccc(-c2csc(NC(=O)COC(=O)c3ccccc3)n2)cc1. The van der Waals surface area contributed by atoms with Crippen LogP contribution in [-0.2, 0) is 9.53 Å². The first kappa shape index (κ1) is 16.9. The number of carbonyl (C=O) groups is 2. The lowest BCUT2D eigenvalue weighted by Crippen LogP contribution is -2.20. The molecule has 0 spiro atoms. The van der Waals surface area contributed by atoms with Gasteiger partial charge in [-0.1, -0.05) is 48.0 Å². The van der Waals surface area contributed by atoms with Crippen molar-refractivity contribution >= 4 is 28.3 Å². The van der Waals surface area contributed by atoms with Crippen molar-refractivity contribution in [3.05, 3.63) is 71.1 Å². The number of nitrogens with one attached hydrogen (secondary N) is 1. The van der Waals surface area contributed by atoms with Crippen LogP contribution in [0, 0.1) is 6.92 Å². The van der Waals surface area contributed by atoms with Crippen molar-refractivity contribution in [1.82, 2.24) is 4.98 Å². The summed E-state index contributed by atoms with van der Waals surface area (Å²) in [7, 11) is 0. The van der Waals surface area contributed by atoms with Gasteiger partial charge in [0.2, 0.25) is 0 Å². The van der Waals surface area contributed by atoms with E-state index in [-0.39, 0.29) is 6.61 Å². The van der Waals surface area contributed by atoms with Gasteiger partial charge in [-0.25, -0.2) is 9.78 Å². The lowest BCUT2D eigenvalue weighted by Gasteiger charge is -2.04. The largest absolute Gasteiger partial charge is 0.452 e. The fraction of sp³-hybridized carbons (Fsp3) is 0.105. The fourth-order valence-corrected chi connectivity index (χ4v) is 2.87. The molecule has 0 aliphatic heterocycles. The molecule has 0 bridgehead atoms. The van der Waals surface area contributed by atoms with Crippen LogP contribution >= 0.6 is 11.3 Å². The van der Waals surface area contributed by atoms with E-state index in [1.54, 1.807) is 30.3 Å². The van der Waals surface area contributed by atoms with Gasteiger partial charge in [-0.05, 0) is 19.1 Å². The van der Waals surface area contributed by atoms with E-state index in [0.29, 0.717) is 10.7 Å². The molecule has 1 heterocycles. The average Bonchev–Trinajstić information content (AvgIpc) is 3.09. The maximum Gasteiger partial charge on any atom is 0.338 e. The van der Waals surface area contributed by atoms with Crippen LogP contribution in [0.15, 0.2) is 60.0 Å². The second-order valence-electron chi connectivity index (χ2n) is 5.39. The predicted octanol–water partition coefficient (Wildman–Crippen LogP) is 3.91. The Morgan fingerprint density at radius 2 is 1.80 bits per heavy atom. The lowest BCUT2D eigenvalue weighted by atomic mass is 10.1. The first-order valence-corrected chi connectivity index (χ1v) is 8.54. The van der Waals surface area contributed by atoms with Crippen molar-refractivity contribution in [3.63, 3.8) is 0 Å². The van der Waals surface area contributed by atoms with Gasteiger partial charge < -0.3 is 4.74 Å². The summed E-state index contributed by atoms with van der Waals surface area (Å²) in [6.07, 6.45) is 0. The van der Waals surface area contributed by atoms with E-state index in [2.05, 4.69) is 10.3 Å². The van der Waals surface area contributed by atoms with E-state index in [0.717, 1.165) is 11.3 Å². The molecule has 6 heteroatoms. The molecule has 5 nitrogen and oxygen atoms in total. The number of anilines is 1. The van der Waals surface area contributed by atoms with Gasteiger partial charge in [-0.3, -0.25) is 10.1 Å². The number of carbonyl (C=O) groups excluding carboxylic acids is 2. The monoisotopic (exact) mass is 352 g/mol. The zero-order valence-corrected chi connectivity index (χ0v) is 14.4. The van der Waals surface area contributed by atoms with Gasteiger partial charge in [0.25, 0.3) is 5.91 Å². The van der Waals surface area contributed by atoms with Gasteiger partial charge >= 0.3 is 5.97 Å². The van der Waals surface area contributed by atoms with Crippen LogP contribution in [-0.4, -0.2) is 23.5 Å². The molecule has 1 aromatic heterocycles. The Hall–Kier alpha value is -2.99. The summed E-state index contributed by atoms with van der Waals surface area (Å²) in [4.78, 5) is 28.1. The second-order valence-corrected chi connectivity index (χ2v) is 6.25. The summed E-state index contributed by atoms with van der Waals surface area (Å²) in [5, 5.41) is 4.98. The number of hydrogen-bond donors (Lipinski definition) is 1. The first-order chi connectivity index (χ1) is 12.1. The summed E-state index contributed by atoms with van der Waals surface area (Å²) in [6, 6.07) is 16.5. The molecule has 0 aliphatic rings. The van der Waals surface area contributed by atoms with Gasteiger partial charge in [-0.15, -0.1) is 11.3 Å². The standard InChI is InChI=1S/C19H16N2O3S/c1-13-7-9-14(10-8-13)16-12-25-19(20-16)21-17(22)11-24-18(23)15-5-3-2-4-6-15/h2-10,12H,11H2,1H3,(H,20,21,22). The van der Waals surface area contributed by atoms with Crippen molar-refractivity contribution in [2.75, 3.05) is 11.9 Å². The van der Waals surface area contributed by atoms with Crippen LogP contribution < -0.4 is 5.32 Å². The van der Waals surface area contributed by atoms with E-state index in [4.69, 9.17) is 4.74 Å². The van der Waals surface area contributed by atoms with Crippen LogP contribution in [0.5, 0.6) is 0 Å². The highest BCUT2D eigenvalue weighted by Crippen LogP contribution is 2.25. The Kier molecular flexibility index (Phi) is 5.20. The summed E-state index contributed by atoms with van der Waals surface area (Å²) < 4.78 is 4.99. The Morgan fingerprint density at radius 1 is 1.08 bits per heavy atom. The number of hydrogen-bond acceptors (Lipinski definition) is 5. The molecule has 0 saturated heterocycles. The molecule has 25 heavy (non-hydrogen) atoms. The van der Waals surface area contributed by atoms with Gasteiger partial charge in [0.15, 0.2) is 11.7 Å². The summed E-state index contributed by atoms with van der Waals surface area (Å²) in [5.41, 5.74) is 3.36. The molecule has 0 radical (unpaired) electrons. The molecule has 126 valence electrons. The highest BCUT2D eigenvalue weighted by Gasteiger charge is 2.12. The Labute approximate surface area is 149 Å². The van der Waals surface area contributed by atoms with Gasteiger partial charge in [0.1, 0.15) is 0 Å². The third-order valence-electron chi connectivity index (χ3n) is 3.44. The zero-order chi connectivity index (χ0) is 17.6. The van der Waals surface area contributed by atoms with Crippen molar-refractivity contribution in [2.45, 2.75) is 6.92 Å². The van der Waals surface area contributed by atoms with Gasteiger partial charge in [0, 0.05) is 10.9 Å². The molecular weight excluding hydrogens is 336 g/mol. The van der Waals surface area contributed by atoms with Crippen LogP contribution in [0.25, 0.3) is 11.3 Å². The van der Waals surface area contributed by atoms with Crippen molar-refractivity contribution < 1.29 is 14.3 Å². The van der Waals surface area contributed by atoms with Crippen LogP contribution in [0.1, 0.15) is 15.9 Å². The number of nitrogens with zero attached hydrogens (tertiary/aromatic N) is 1. The second kappa shape index (κ2) is 7.72. The van der Waals surface area contributed by atoms with Crippen molar-refractivity contribution in [3.8, 4) is 11.3 Å². The minimum Gasteiger partial charge on any atom is -0.452 e. The Bertz CT molecular complexity index is 873. The van der Waals surface area contributed by atoms with E-state index in [1.807, 2.05) is 36.6 Å². The Morgan fingerprint density at radius 3 is 2.52 bits per heavy atom. The van der Waals surface area contributed by atoms with Crippen LogP contribution in [0.2, 0.25) is 0 Å². The van der Waals surface area contributed by atoms with Crippen LogP contribution in [0.4, 0.5) is 5.13 Å². The molecule has 1 amide bonds. The summed E-state index contributed by atoms with van der Waals surface area (Å²) in [5.74, 6) is -0.954. The minimum atomic E-state index is -0.532. The number of aryl methyl sites for hydroxylation is 1. The zero-order valence-electron chi connectivity index (χ0n) is 13.6. The number of benzene rings is 2. The van der Waals surface area contributed by atoms with Gasteiger partial charge in [-0.2, -0.15) is 0 Å². The van der Waals surface area contributed by atoms with E-state index in [1.165, 1.54) is 16.9 Å². The number of aromatic nitrogens is 1. The Balaban J connectivity index is 1.55. The molecule has 0 saturated carbocycles. The number of rotatable bonds is 5. The lowest BCUT2D eigenvalue weighted by molar-refractivity contribution is -0.119. The molecule has 0 fully saturated rings. The maximum absolute atomic E-state index is 11.9. The molecule has 3 aromatic rings. The number of thiazole rings is 1. The van der Waals surface area contributed by atoms with Gasteiger partial charge in [0.05, 0.1) is 11.3 Å². The van der Waals surface area contributed by atoms with Crippen molar-refractivity contribution in [1.29, 1.82) is 0 Å². The third-order valence-corrected chi connectivity index (χ3v) is 4.20. The normalized spacial score (nSPS) is 10.3. The molecule has 3 rings (SSSR count). The molecule has 0 aliphatic carbocycles. The minimum absolute atomic E-state index is 0.354. The highest BCUT2D eigenvalue weighted by atomic mass is 32.1. The molecule has 0 atom stereocenters.